The van der Waals surface area contributed by atoms with Crippen LogP contribution in [0.1, 0.15) is 0 Å². The molecule has 128 valence electrons. The monoisotopic (exact) mass is 398 g/mol. The van der Waals surface area contributed by atoms with Crippen LogP contribution in [0.5, 0.6) is 5.75 Å². The van der Waals surface area contributed by atoms with E-state index in [9.17, 15) is 0 Å². The summed E-state index contributed by atoms with van der Waals surface area (Å²) >= 11 is 3.55. The van der Waals surface area contributed by atoms with Crippen LogP contribution in [0.3, 0.4) is 0 Å². The first kappa shape index (κ1) is 16.1. The second kappa shape index (κ2) is 6.88. The molecule has 1 aromatic heterocycles. The number of hydrogen-bond donors (Lipinski definition) is 0. The van der Waals surface area contributed by atoms with Crippen molar-refractivity contribution in [2.24, 2.45) is 0 Å². The molecule has 6 heteroatoms. The fourth-order valence-corrected chi connectivity index (χ4v) is 3.61. The van der Waals surface area contributed by atoms with Crippen molar-refractivity contribution in [1.29, 1.82) is 0 Å². The van der Waals surface area contributed by atoms with Gasteiger partial charge in [-0.3, -0.25) is 0 Å². The number of rotatable bonds is 3. The third-order valence-electron chi connectivity index (χ3n) is 4.57. The predicted molar refractivity (Wildman–Crippen MR) is 105 cm³/mol. The van der Waals surface area contributed by atoms with Crippen LogP contribution in [0, 0.1) is 0 Å². The molecule has 0 saturated carbocycles. The first-order chi connectivity index (χ1) is 12.2. The van der Waals surface area contributed by atoms with Crippen LogP contribution in [0.25, 0.3) is 10.9 Å². The predicted octanol–water partition coefficient (Wildman–Crippen LogP) is 3.73. The molecule has 1 aliphatic heterocycles. The number of halogens is 1. The summed E-state index contributed by atoms with van der Waals surface area (Å²) in [5, 5.41) is 1.09. The Hall–Kier alpha value is -2.34. The fraction of sp³-hybridized carbons (Fsp3) is 0.263. The topological polar surface area (TPSA) is 41.5 Å². The van der Waals surface area contributed by atoms with E-state index in [1.807, 2.05) is 24.3 Å². The maximum atomic E-state index is 5.34. The highest BCUT2D eigenvalue weighted by Crippen LogP contribution is 2.28. The number of benzene rings is 2. The number of fused-ring (bicyclic) bond motifs is 1. The zero-order chi connectivity index (χ0) is 17.2. The first-order valence-electron chi connectivity index (χ1n) is 8.29. The number of ether oxygens (including phenoxy) is 1. The van der Waals surface area contributed by atoms with Gasteiger partial charge in [0.1, 0.15) is 17.9 Å². The van der Waals surface area contributed by atoms with Gasteiger partial charge < -0.3 is 14.5 Å². The molecule has 0 aliphatic carbocycles. The van der Waals surface area contributed by atoms with Crippen molar-refractivity contribution >= 4 is 38.3 Å². The fourth-order valence-electron chi connectivity index (χ4n) is 3.25. The molecule has 1 saturated heterocycles. The van der Waals surface area contributed by atoms with Gasteiger partial charge >= 0.3 is 0 Å². The lowest BCUT2D eigenvalue weighted by Crippen LogP contribution is -2.46. The first-order valence-corrected chi connectivity index (χ1v) is 9.08. The Balaban J connectivity index is 1.55. The van der Waals surface area contributed by atoms with Crippen LogP contribution >= 0.6 is 15.9 Å². The van der Waals surface area contributed by atoms with Gasteiger partial charge in [-0.15, -0.1) is 0 Å². The quantitative estimate of drug-likeness (QED) is 0.672. The summed E-state index contributed by atoms with van der Waals surface area (Å²) in [6.45, 7) is 3.75. The van der Waals surface area contributed by atoms with Gasteiger partial charge in [-0.25, -0.2) is 9.97 Å². The van der Waals surface area contributed by atoms with E-state index in [1.54, 1.807) is 13.4 Å². The summed E-state index contributed by atoms with van der Waals surface area (Å²) in [5.74, 6) is 1.91. The van der Waals surface area contributed by atoms with Crippen molar-refractivity contribution in [2.75, 3.05) is 43.1 Å². The van der Waals surface area contributed by atoms with Crippen molar-refractivity contribution in [3.63, 3.8) is 0 Å². The van der Waals surface area contributed by atoms with E-state index in [4.69, 9.17) is 4.74 Å². The third-order valence-corrected chi connectivity index (χ3v) is 5.07. The molecule has 1 fully saturated rings. The largest absolute Gasteiger partial charge is 0.497 e. The molecule has 0 amide bonds. The maximum absolute atomic E-state index is 5.34. The Kier molecular flexibility index (Phi) is 4.44. The van der Waals surface area contributed by atoms with E-state index in [2.05, 4.69) is 53.9 Å². The normalized spacial score (nSPS) is 14.8. The van der Waals surface area contributed by atoms with Crippen molar-refractivity contribution in [1.82, 2.24) is 9.97 Å². The van der Waals surface area contributed by atoms with Crippen LogP contribution in [0.15, 0.2) is 53.3 Å². The summed E-state index contributed by atoms with van der Waals surface area (Å²) in [7, 11) is 1.70. The summed E-state index contributed by atoms with van der Waals surface area (Å²) in [6, 6.07) is 14.4. The number of aromatic nitrogens is 2. The second-order valence-electron chi connectivity index (χ2n) is 6.03. The van der Waals surface area contributed by atoms with Crippen LogP contribution in [0.4, 0.5) is 11.5 Å². The van der Waals surface area contributed by atoms with Gasteiger partial charge in [0.05, 0.1) is 12.6 Å². The molecular weight excluding hydrogens is 380 g/mol. The number of piperazine rings is 1. The molecule has 0 radical (unpaired) electrons. The average molecular weight is 399 g/mol. The lowest BCUT2D eigenvalue weighted by molar-refractivity contribution is 0.414. The Morgan fingerprint density at radius 2 is 1.76 bits per heavy atom. The summed E-state index contributed by atoms with van der Waals surface area (Å²) < 4.78 is 6.38. The summed E-state index contributed by atoms with van der Waals surface area (Å²) in [4.78, 5) is 13.7. The van der Waals surface area contributed by atoms with Crippen LogP contribution in [-0.4, -0.2) is 43.3 Å². The highest BCUT2D eigenvalue weighted by molar-refractivity contribution is 9.10. The van der Waals surface area contributed by atoms with E-state index in [0.29, 0.717) is 0 Å². The molecule has 0 N–H and O–H groups in total. The Morgan fingerprint density at radius 1 is 0.960 bits per heavy atom. The Labute approximate surface area is 155 Å². The van der Waals surface area contributed by atoms with Gasteiger partial charge in [0, 0.05) is 47.8 Å². The van der Waals surface area contributed by atoms with Crippen LogP contribution in [0.2, 0.25) is 0 Å². The molecule has 5 nitrogen and oxygen atoms in total. The van der Waals surface area contributed by atoms with E-state index >= 15 is 0 Å². The lowest BCUT2D eigenvalue weighted by atomic mass is 10.2. The van der Waals surface area contributed by atoms with Gasteiger partial charge in [0.15, 0.2) is 0 Å². The minimum atomic E-state index is 0.895. The molecule has 3 aromatic rings. The maximum Gasteiger partial charge on any atom is 0.140 e. The molecule has 4 rings (SSSR count). The van der Waals surface area contributed by atoms with E-state index in [0.717, 1.165) is 53.1 Å². The average Bonchev–Trinajstić information content (AvgIpc) is 2.67. The molecule has 0 unspecified atom stereocenters. The minimum absolute atomic E-state index is 0.895. The standard InChI is InChI=1S/C19H19BrN4O/c1-25-16-4-2-3-15(12-16)23-7-9-24(10-8-23)19-17-11-14(20)5-6-18(17)21-13-22-19/h2-6,11-13H,7-10H2,1H3. The molecule has 0 spiro atoms. The van der Waals surface area contributed by atoms with Crippen molar-refractivity contribution in [3.05, 3.63) is 53.3 Å². The zero-order valence-electron chi connectivity index (χ0n) is 14.0. The van der Waals surface area contributed by atoms with E-state index in [1.165, 1.54) is 5.69 Å². The van der Waals surface area contributed by atoms with Gasteiger partial charge in [0.25, 0.3) is 0 Å². The van der Waals surface area contributed by atoms with Gasteiger partial charge in [0.2, 0.25) is 0 Å². The van der Waals surface area contributed by atoms with Gasteiger partial charge in [-0.2, -0.15) is 0 Å². The summed E-state index contributed by atoms with van der Waals surface area (Å²) in [6.07, 6.45) is 1.65. The molecular formula is C19H19BrN4O. The van der Waals surface area contributed by atoms with E-state index in [-0.39, 0.29) is 0 Å². The third kappa shape index (κ3) is 3.26. The molecule has 1 aliphatic rings. The SMILES string of the molecule is COc1cccc(N2CCN(c3ncnc4ccc(Br)cc34)CC2)c1. The van der Waals surface area contributed by atoms with Crippen LogP contribution in [-0.2, 0) is 0 Å². The Morgan fingerprint density at radius 3 is 2.56 bits per heavy atom. The smallest absolute Gasteiger partial charge is 0.140 e. The number of hydrogen-bond acceptors (Lipinski definition) is 5. The second-order valence-corrected chi connectivity index (χ2v) is 6.95. The molecule has 2 aromatic carbocycles. The van der Waals surface area contributed by atoms with Crippen molar-refractivity contribution in [3.8, 4) is 5.75 Å². The van der Waals surface area contributed by atoms with Crippen molar-refractivity contribution in [2.45, 2.75) is 0 Å². The highest BCUT2D eigenvalue weighted by atomic mass is 79.9. The number of nitrogens with zero attached hydrogens (tertiary/aromatic N) is 4. The Bertz CT molecular complexity index is 893. The molecule has 0 atom stereocenters. The molecule has 2 heterocycles. The summed E-state index contributed by atoms with van der Waals surface area (Å²) in [5.41, 5.74) is 2.18. The zero-order valence-corrected chi connectivity index (χ0v) is 15.6. The highest BCUT2D eigenvalue weighted by Gasteiger charge is 2.20. The van der Waals surface area contributed by atoms with Crippen LogP contribution < -0.4 is 14.5 Å². The lowest BCUT2D eigenvalue weighted by Gasteiger charge is -2.37. The number of anilines is 2. The van der Waals surface area contributed by atoms with E-state index < -0.39 is 0 Å². The van der Waals surface area contributed by atoms with Crippen molar-refractivity contribution < 1.29 is 4.74 Å². The van der Waals surface area contributed by atoms with Gasteiger partial charge in [-0.1, -0.05) is 22.0 Å². The molecule has 0 bridgehead atoms. The molecule has 25 heavy (non-hydrogen) atoms. The number of methoxy groups -OCH3 is 1. The van der Waals surface area contributed by atoms with Gasteiger partial charge in [-0.05, 0) is 30.3 Å². The minimum Gasteiger partial charge on any atom is -0.497 e.